The van der Waals surface area contributed by atoms with Crippen molar-refractivity contribution >= 4 is 46.7 Å². The van der Waals surface area contributed by atoms with Crippen LogP contribution in [-0.2, 0) is 9.53 Å². The van der Waals surface area contributed by atoms with Crippen LogP contribution in [0.1, 0.15) is 28.9 Å². The van der Waals surface area contributed by atoms with Crippen molar-refractivity contribution in [1.82, 2.24) is 20.2 Å². The molecule has 0 radical (unpaired) electrons. The molecule has 1 atom stereocenters. The van der Waals surface area contributed by atoms with E-state index in [0.29, 0.717) is 38.6 Å². The maximum atomic E-state index is 13.3. The molecule has 1 aliphatic heterocycles. The summed E-state index contributed by atoms with van der Waals surface area (Å²) in [6.07, 6.45) is 1.63. The summed E-state index contributed by atoms with van der Waals surface area (Å²) in [5, 5.41) is 16.7. The third kappa shape index (κ3) is 5.79. The number of carbonyl (C=O) groups is 2. The fourth-order valence-electron chi connectivity index (χ4n) is 4.11. The highest BCUT2D eigenvalue weighted by atomic mass is 35.5. The normalized spacial score (nSPS) is 15.9. The lowest BCUT2D eigenvalue weighted by atomic mass is 10.1. The largest absolute Gasteiger partial charge is 0.480 e. The molecule has 11 heteroatoms. The van der Waals surface area contributed by atoms with Crippen LogP contribution in [0.25, 0.3) is 16.9 Å². The molecule has 0 aliphatic carbocycles. The van der Waals surface area contributed by atoms with E-state index in [1.165, 1.54) is 0 Å². The first-order valence-electron chi connectivity index (χ1n) is 10.9. The molecule has 0 spiro atoms. The van der Waals surface area contributed by atoms with E-state index in [2.05, 4.69) is 10.5 Å². The average molecular weight is 538 g/mol. The number of nitrogens with zero attached hydrogens (tertiary/aromatic N) is 3. The molecule has 2 N–H and O–H groups in total. The Balaban J connectivity index is 1.67. The Morgan fingerprint density at radius 1 is 1.14 bits per heavy atom. The minimum atomic E-state index is -1.03. The van der Waals surface area contributed by atoms with E-state index in [9.17, 15) is 9.59 Å². The molecule has 0 bridgehead atoms. The smallest absolute Gasteiger partial charge is 0.329 e. The Morgan fingerprint density at radius 3 is 2.54 bits per heavy atom. The van der Waals surface area contributed by atoms with E-state index in [1.807, 2.05) is 19.1 Å². The van der Waals surface area contributed by atoms with Gasteiger partial charge in [0.1, 0.15) is 6.61 Å². The number of ether oxygens (including phenoxy) is 1. The summed E-state index contributed by atoms with van der Waals surface area (Å²) in [6.45, 7) is 2.27. The second kappa shape index (κ2) is 11.0. The van der Waals surface area contributed by atoms with Crippen LogP contribution in [0.2, 0.25) is 15.1 Å². The summed E-state index contributed by atoms with van der Waals surface area (Å²) in [5.74, 6) is -1.41. The van der Waals surface area contributed by atoms with E-state index in [-0.39, 0.29) is 30.9 Å². The molecule has 1 unspecified atom stereocenters. The van der Waals surface area contributed by atoms with Crippen molar-refractivity contribution in [3.63, 3.8) is 0 Å². The molecule has 184 valence electrons. The highest BCUT2D eigenvalue weighted by Gasteiger charge is 2.29. The Labute approximate surface area is 217 Å². The second-order valence-corrected chi connectivity index (χ2v) is 9.46. The molecule has 1 saturated heterocycles. The van der Waals surface area contributed by atoms with Crippen molar-refractivity contribution < 1.29 is 19.4 Å². The molecule has 35 heavy (non-hydrogen) atoms. The molecule has 1 amide bonds. The lowest BCUT2D eigenvalue weighted by molar-refractivity contribution is -0.142. The average Bonchev–Trinajstić information content (AvgIpc) is 3.38. The molecule has 1 fully saturated rings. The minimum absolute atomic E-state index is 0.123. The van der Waals surface area contributed by atoms with Gasteiger partial charge in [0.05, 0.1) is 29.1 Å². The fourth-order valence-corrected chi connectivity index (χ4v) is 4.72. The van der Waals surface area contributed by atoms with E-state index >= 15 is 0 Å². The number of carboxylic acid groups (broad SMARTS) is 1. The first-order valence-corrected chi connectivity index (χ1v) is 12.1. The number of rotatable bonds is 8. The lowest BCUT2D eigenvalue weighted by Crippen LogP contribution is -2.47. The van der Waals surface area contributed by atoms with Gasteiger partial charge in [0.25, 0.3) is 5.91 Å². The Morgan fingerprint density at radius 2 is 1.86 bits per heavy atom. The number of carboxylic acids is 1. The molecule has 2 aromatic carbocycles. The summed E-state index contributed by atoms with van der Waals surface area (Å²) >= 11 is 18.7. The van der Waals surface area contributed by atoms with Crippen LogP contribution in [0.5, 0.6) is 0 Å². The molecule has 2 heterocycles. The topological polar surface area (TPSA) is 96.7 Å². The molecule has 1 aromatic heterocycles. The number of hydrazine groups is 1. The number of benzene rings is 2. The second-order valence-electron chi connectivity index (χ2n) is 8.18. The number of aromatic nitrogens is 2. The van der Waals surface area contributed by atoms with Gasteiger partial charge >= 0.3 is 5.97 Å². The van der Waals surface area contributed by atoms with Crippen LogP contribution >= 0.6 is 34.8 Å². The van der Waals surface area contributed by atoms with Gasteiger partial charge in [0.15, 0.2) is 5.69 Å². The van der Waals surface area contributed by atoms with Gasteiger partial charge in [0.2, 0.25) is 0 Å². The molecule has 8 nitrogen and oxygen atoms in total. The van der Waals surface area contributed by atoms with Gasteiger partial charge < -0.3 is 9.84 Å². The molecule has 3 aromatic rings. The van der Waals surface area contributed by atoms with Gasteiger partial charge in [-0.1, -0.05) is 46.9 Å². The molecular weight excluding hydrogens is 515 g/mol. The lowest BCUT2D eigenvalue weighted by Gasteiger charge is -2.24. The maximum Gasteiger partial charge on any atom is 0.329 e. The Hall–Kier alpha value is -2.62. The number of amides is 1. The van der Waals surface area contributed by atoms with Crippen LogP contribution in [0.3, 0.4) is 0 Å². The van der Waals surface area contributed by atoms with Crippen molar-refractivity contribution in [2.75, 3.05) is 19.8 Å². The van der Waals surface area contributed by atoms with Crippen LogP contribution in [-0.4, -0.2) is 57.6 Å². The van der Waals surface area contributed by atoms with Gasteiger partial charge in [-0.2, -0.15) is 5.10 Å². The van der Waals surface area contributed by atoms with E-state index in [4.69, 9.17) is 44.6 Å². The quantitative estimate of drug-likeness (QED) is 0.419. The molecule has 0 saturated carbocycles. The monoisotopic (exact) mass is 536 g/mol. The van der Waals surface area contributed by atoms with Crippen LogP contribution in [0.4, 0.5) is 0 Å². The number of carbonyl (C=O) groups excluding carboxylic acids is 1. The summed E-state index contributed by atoms with van der Waals surface area (Å²) in [6, 6.07) is 12.2. The van der Waals surface area contributed by atoms with Crippen LogP contribution in [0, 0.1) is 6.92 Å². The fraction of sp³-hybridized carbons (Fsp3) is 0.292. The highest BCUT2D eigenvalue weighted by Crippen LogP contribution is 2.33. The first-order chi connectivity index (χ1) is 16.7. The number of hydrogen-bond acceptors (Lipinski definition) is 5. The Kier molecular flexibility index (Phi) is 7.98. The first kappa shape index (κ1) is 25.5. The van der Waals surface area contributed by atoms with Crippen molar-refractivity contribution in [2.24, 2.45) is 0 Å². The SMILES string of the molecule is Cc1c(C(=O)NN2CCCC2COCC(=O)O)nn(-c2ccc(Cl)cc2Cl)c1-c1ccc(Cl)cc1. The number of aliphatic carboxylic acids is 1. The summed E-state index contributed by atoms with van der Waals surface area (Å²) in [5.41, 5.74) is 5.89. The zero-order valence-corrected chi connectivity index (χ0v) is 21.1. The van der Waals surface area contributed by atoms with Crippen LogP contribution in [0.15, 0.2) is 42.5 Å². The predicted octanol–water partition coefficient (Wildman–Crippen LogP) is 5.02. The van der Waals surface area contributed by atoms with E-state index < -0.39 is 5.97 Å². The maximum absolute atomic E-state index is 13.3. The predicted molar refractivity (Wildman–Crippen MR) is 134 cm³/mol. The van der Waals surface area contributed by atoms with Gasteiger partial charge in [-0.25, -0.2) is 14.5 Å². The van der Waals surface area contributed by atoms with Gasteiger partial charge in [0, 0.05) is 27.7 Å². The van der Waals surface area contributed by atoms with E-state index in [1.54, 1.807) is 40.0 Å². The van der Waals surface area contributed by atoms with Crippen LogP contribution < -0.4 is 5.43 Å². The van der Waals surface area contributed by atoms with Crippen molar-refractivity contribution in [2.45, 2.75) is 25.8 Å². The van der Waals surface area contributed by atoms with Crippen molar-refractivity contribution in [3.05, 3.63) is 68.8 Å². The Bertz CT molecular complexity index is 1250. The summed E-state index contributed by atoms with van der Waals surface area (Å²) in [4.78, 5) is 24.1. The van der Waals surface area contributed by atoms with Gasteiger partial charge in [-0.15, -0.1) is 0 Å². The summed E-state index contributed by atoms with van der Waals surface area (Å²) < 4.78 is 6.87. The number of nitrogens with one attached hydrogen (secondary N) is 1. The standard InChI is InChI=1S/C24H23Cl3N4O4/c1-14-22(24(34)29-30-10-2-3-18(30)12-35-13-21(32)33)28-31(20-9-8-17(26)11-19(20)27)23(14)15-4-6-16(25)7-5-15/h4-9,11,18H,2-3,10,12-13H2,1H3,(H,29,34)(H,32,33). The zero-order chi connectivity index (χ0) is 25.1. The van der Waals surface area contributed by atoms with Crippen molar-refractivity contribution in [1.29, 1.82) is 0 Å². The van der Waals surface area contributed by atoms with Gasteiger partial charge in [-0.05, 0) is 50.1 Å². The van der Waals surface area contributed by atoms with Crippen molar-refractivity contribution in [3.8, 4) is 16.9 Å². The third-order valence-electron chi connectivity index (χ3n) is 5.75. The van der Waals surface area contributed by atoms with E-state index in [0.717, 1.165) is 18.4 Å². The molecular formula is C24H23Cl3N4O4. The molecule has 4 rings (SSSR count). The molecule has 1 aliphatic rings. The highest BCUT2D eigenvalue weighted by molar-refractivity contribution is 6.35. The third-order valence-corrected chi connectivity index (χ3v) is 6.54. The van der Waals surface area contributed by atoms with Gasteiger partial charge in [-0.3, -0.25) is 10.2 Å². The zero-order valence-electron chi connectivity index (χ0n) is 18.8. The number of halogens is 3. The number of hydrogen-bond donors (Lipinski definition) is 2. The minimum Gasteiger partial charge on any atom is -0.480 e. The summed E-state index contributed by atoms with van der Waals surface area (Å²) in [7, 11) is 0.